The Morgan fingerprint density at radius 2 is 1.81 bits per heavy atom. The van der Waals surface area contributed by atoms with Gasteiger partial charge in [-0.25, -0.2) is 13.8 Å². The van der Waals surface area contributed by atoms with Gasteiger partial charge in [-0.15, -0.1) is 0 Å². The molecule has 2 aromatic carbocycles. The van der Waals surface area contributed by atoms with E-state index in [1.165, 1.54) is 6.92 Å². The van der Waals surface area contributed by atoms with E-state index in [1.54, 1.807) is 38.1 Å². The van der Waals surface area contributed by atoms with E-state index in [4.69, 9.17) is 18.5 Å². The number of alkyl halides is 1. The van der Waals surface area contributed by atoms with Gasteiger partial charge in [0.2, 0.25) is 0 Å². The van der Waals surface area contributed by atoms with E-state index in [2.05, 4.69) is 5.09 Å². The molecule has 0 bridgehead atoms. The van der Waals surface area contributed by atoms with E-state index in [-0.39, 0.29) is 5.75 Å². The van der Waals surface area contributed by atoms with Crippen molar-refractivity contribution in [2.24, 2.45) is 0 Å². The summed E-state index contributed by atoms with van der Waals surface area (Å²) < 4.78 is 53.0. The van der Waals surface area contributed by atoms with E-state index in [9.17, 15) is 24.1 Å². The number of benzene rings is 2. The van der Waals surface area contributed by atoms with E-state index in [0.29, 0.717) is 5.56 Å². The highest BCUT2D eigenvalue weighted by atomic mass is 31.2. The van der Waals surface area contributed by atoms with Crippen LogP contribution in [-0.2, 0) is 23.4 Å². The first-order chi connectivity index (χ1) is 19.8. The molecule has 3 N–H and O–H groups in total. The number of nitrogens with zero attached hydrogens (tertiary/aromatic N) is 1. The Kier molecular flexibility index (Phi) is 9.49. The fraction of sp³-hybridized carbons (Fsp3) is 0.393. The lowest BCUT2D eigenvalue weighted by molar-refractivity contribution is -0.149. The zero-order chi connectivity index (χ0) is 30.7. The van der Waals surface area contributed by atoms with Gasteiger partial charge < -0.3 is 19.1 Å². The monoisotopic (exact) mass is 605 g/mol. The Hall–Kier alpha value is -3.61. The summed E-state index contributed by atoms with van der Waals surface area (Å²) >= 11 is 0. The molecule has 14 heteroatoms. The van der Waals surface area contributed by atoms with Gasteiger partial charge in [0.25, 0.3) is 5.56 Å². The van der Waals surface area contributed by atoms with Crippen LogP contribution in [0.3, 0.4) is 0 Å². The summed E-state index contributed by atoms with van der Waals surface area (Å²) in [5, 5.41) is 13.3. The number of aromatic amines is 1. The number of carbonyl (C=O) groups is 1. The van der Waals surface area contributed by atoms with Crippen molar-refractivity contribution in [2.75, 3.05) is 6.61 Å². The van der Waals surface area contributed by atoms with Gasteiger partial charge in [-0.05, 0) is 39.3 Å². The first-order valence-corrected chi connectivity index (χ1v) is 14.8. The van der Waals surface area contributed by atoms with Gasteiger partial charge in [0, 0.05) is 17.8 Å². The smallest absolute Gasteiger partial charge is 0.459 e. The lowest BCUT2D eigenvalue weighted by atomic mass is 9.98. The average molecular weight is 606 g/mol. The van der Waals surface area contributed by atoms with E-state index in [0.717, 1.165) is 29.3 Å². The van der Waals surface area contributed by atoms with Gasteiger partial charge in [0.05, 0.1) is 12.7 Å². The lowest BCUT2D eigenvalue weighted by Gasteiger charge is -2.26. The second-order valence-corrected chi connectivity index (χ2v) is 11.9. The molecule has 4 rings (SSSR count). The van der Waals surface area contributed by atoms with Gasteiger partial charge in [-0.1, -0.05) is 48.5 Å². The van der Waals surface area contributed by atoms with E-state index < -0.39 is 67.8 Å². The summed E-state index contributed by atoms with van der Waals surface area (Å²) in [6.45, 7) is 5.08. The second-order valence-electron chi connectivity index (χ2n) is 10.2. The van der Waals surface area contributed by atoms with Crippen molar-refractivity contribution in [3.8, 4) is 16.9 Å². The number of para-hydroxylation sites is 1. The number of H-pyrrole nitrogens is 1. The van der Waals surface area contributed by atoms with Crippen molar-refractivity contribution in [2.45, 2.75) is 63.9 Å². The molecule has 1 aliphatic rings. The van der Waals surface area contributed by atoms with Crippen molar-refractivity contribution in [1.82, 2.24) is 14.6 Å². The summed E-state index contributed by atoms with van der Waals surface area (Å²) in [5.74, 6) is -0.565. The van der Waals surface area contributed by atoms with E-state index >= 15 is 4.39 Å². The van der Waals surface area contributed by atoms with Gasteiger partial charge in [-0.2, -0.15) is 5.09 Å². The molecule has 0 spiro atoms. The summed E-state index contributed by atoms with van der Waals surface area (Å²) in [5.41, 5.74) is -2.82. The third-order valence-electron chi connectivity index (χ3n) is 6.48. The van der Waals surface area contributed by atoms with Crippen molar-refractivity contribution >= 4 is 13.7 Å². The molecule has 0 saturated carbocycles. The molecule has 3 aromatic rings. The van der Waals surface area contributed by atoms with Gasteiger partial charge >= 0.3 is 19.4 Å². The van der Waals surface area contributed by atoms with Crippen LogP contribution in [0.5, 0.6) is 5.75 Å². The Balaban J connectivity index is 1.61. The highest BCUT2D eigenvalue weighted by Gasteiger charge is 2.56. The molecule has 2 unspecified atom stereocenters. The largest absolute Gasteiger partial charge is 0.462 e. The van der Waals surface area contributed by atoms with Crippen molar-refractivity contribution < 1.29 is 37.4 Å². The predicted octanol–water partition coefficient (Wildman–Crippen LogP) is 3.32. The zero-order valence-electron chi connectivity index (χ0n) is 23.4. The van der Waals surface area contributed by atoms with Crippen molar-refractivity contribution in [3.05, 3.63) is 87.7 Å². The maximum absolute atomic E-state index is 15.7. The maximum Gasteiger partial charge on any atom is 0.459 e. The summed E-state index contributed by atoms with van der Waals surface area (Å²) in [6, 6.07) is 15.7. The fourth-order valence-corrected chi connectivity index (χ4v) is 5.90. The average Bonchev–Trinajstić information content (AvgIpc) is 3.16. The molecule has 6 atom stereocenters. The molecule has 0 aliphatic carbocycles. The number of aliphatic hydroxyl groups is 1. The number of aromatic nitrogens is 2. The third-order valence-corrected chi connectivity index (χ3v) is 8.11. The van der Waals surface area contributed by atoms with Crippen molar-refractivity contribution in [3.63, 3.8) is 0 Å². The molecule has 12 nitrogen and oxygen atoms in total. The maximum atomic E-state index is 15.7. The fourth-order valence-electron chi connectivity index (χ4n) is 4.38. The first-order valence-electron chi connectivity index (χ1n) is 13.2. The topological polar surface area (TPSA) is 158 Å². The Morgan fingerprint density at radius 1 is 1.14 bits per heavy atom. The first kappa shape index (κ1) is 31.3. The number of rotatable bonds is 11. The minimum Gasteiger partial charge on any atom is -0.462 e. The minimum atomic E-state index is -4.45. The number of aliphatic hydroxyl groups excluding tert-OH is 1. The standard InChI is InChI=1S/C28H33FN3O9P/c1-17(2)39-25(35)18(3)31-42(37,41-21-13-9-8-12-20(21)19-10-6-5-7-11-19)38-16-22-24(34)28(4,29)26(40-22)32-15-14-23(33)30-27(32)36/h5-15,17-18,22,24,26,34H,16H2,1-4H3,(H,31,37)(H,30,33,36)/t18-,22?,24+,26+,28+,42?/m0/s1. The van der Waals surface area contributed by atoms with Crippen LogP contribution >= 0.6 is 7.75 Å². The van der Waals surface area contributed by atoms with Crippen LogP contribution < -0.4 is 20.9 Å². The number of halogens is 1. The van der Waals surface area contributed by atoms with Crippen LogP contribution in [0.4, 0.5) is 4.39 Å². The molecule has 1 saturated heterocycles. The predicted molar refractivity (Wildman–Crippen MR) is 151 cm³/mol. The number of hydrogen-bond donors (Lipinski definition) is 3. The quantitative estimate of drug-likeness (QED) is 0.219. The van der Waals surface area contributed by atoms with Crippen LogP contribution in [0.1, 0.15) is 33.9 Å². The van der Waals surface area contributed by atoms with Crippen LogP contribution in [0, 0.1) is 0 Å². The number of ether oxygens (including phenoxy) is 2. The number of carbonyl (C=O) groups excluding carboxylic acids is 1. The van der Waals surface area contributed by atoms with Gasteiger partial charge in [-0.3, -0.25) is 23.7 Å². The molecule has 1 fully saturated rings. The summed E-state index contributed by atoms with van der Waals surface area (Å²) in [7, 11) is -4.45. The summed E-state index contributed by atoms with van der Waals surface area (Å²) in [4.78, 5) is 38.3. The normalized spacial score (nSPS) is 24.2. The highest BCUT2D eigenvalue weighted by Crippen LogP contribution is 2.49. The summed E-state index contributed by atoms with van der Waals surface area (Å²) in [6.07, 6.45) is -4.31. The highest BCUT2D eigenvalue weighted by molar-refractivity contribution is 7.52. The van der Waals surface area contributed by atoms with Crippen LogP contribution in [0.15, 0.2) is 76.4 Å². The molecular weight excluding hydrogens is 572 g/mol. The third kappa shape index (κ3) is 7.05. The lowest BCUT2D eigenvalue weighted by Crippen LogP contribution is -2.43. The molecular formula is C28H33FN3O9P. The number of hydrogen-bond acceptors (Lipinski definition) is 9. The number of esters is 1. The van der Waals surface area contributed by atoms with Crippen molar-refractivity contribution in [1.29, 1.82) is 0 Å². The Morgan fingerprint density at radius 3 is 2.48 bits per heavy atom. The number of nitrogens with one attached hydrogen (secondary N) is 2. The molecule has 1 aliphatic heterocycles. The molecule has 0 amide bonds. The molecule has 1 aromatic heterocycles. The SMILES string of the molecule is CC(C)OC(=O)[C@H](C)NP(=O)(OCC1O[C@@H](n2ccc(=O)[nH]c2=O)[C@](C)(F)[C@@H]1O)Oc1ccccc1-c1ccccc1. The van der Waals surface area contributed by atoms with Crippen LogP contribution in [0.25, 0.3) is 11.1 Å². The molecule has 226 valence electrons. The molecule has 0 radical (unpaired) electrons. The second kappa shape index (κ2) is 12.7. The minimum absolute atomic E-state index is 0.157. The van der Waals surface area contributed by atoms with Gasteiger partial charge in [0.15, 0.2) is 11.9 Å². The van der Waals surface area contributed by atoms with Crippen LogP contribution in [-0.4, -0.2) is 57.3 Å². The van der Waals surface area contributed by atoms with E-state index in [1.807, 2.05) is 35.3 Å². The molecule has 42 heavy (non-hydrogen) atoms. The Bertz CT molecular complexity index is 1560. The van der Waals surface area contributed by atoms with Gasteiger partial charge in [0.1, 0.15) is 24.0 Å². The van der Waals surface area contributed by atoms with Crippen LogP contribution in [0.2, 0.25) is 0 Å². The Labute approximate surface area is 241 Å². The zero-order valence-corrected chi connectivity index (χ0v) is 24.3. The molecule has 2 heterocycles.